The molecule has 3 heterocycles. The number of amides is 1. The SMILES string of the molecule is CCN1CCN(Cc2ccc(C(=O)Nc3cccc(NCc4cnc5[nH]ccc5c4SC(C)C)c3)cc2C(F)(F)F)CC1. The first-order valence-corrected chi connectivity index (χ1v) is 15.4. The molecule has 0 saturated carbocycles. The van der Waals surface area contributed by atoms with E-state index in [0.29, 0.717) is 30.6 Å². The minimum atomic E-state index is -4.56. The third-order valence-electron chi connectivity index (χ3n) is 7.55. The normalized spacial score (nSPS) is 14.9. The van der Waals surface area contributed by atoms with E-state index in [1.54, 1.807) is 30.0 Å². The van der Waals surface area contributed by atoms with Gasteiger partial charge in [-0.05, 0) is 48.5 Å². The van der Waals surface area contributed by atoms with Crippen LogP contribution in [0.25, 0.3) is 11.0 Å². The maximum Gasteiger partial charge on any atom is 0.416 e. The molecule has 0 atom stereocenters. The van der Waals surface area contributed by atoms with Gasteiger partial charge in [0.25, 0.3) is 5.91 Å². The Kier molecular flexibility index (Phi) is 9.63. The number of thioether (sulfide) groups is 1. The molecule has 4 aromatic rings. The van der Waals surface area contributed by atoms with Crippen LogP contribution in [0, 0.1) is 0 Å². The molecule has 0 aliphatic carbocycles. The number of carbonyl (C=O) groups is 1. The van der Waals surface area contributed by atoms with Gasteiger partial charge >= 0.3 is 6.18 Å². The van der Waals surface area contributed by atoms with Crippen molar-refractivity contribution >= 4 is 40.1 Å². The van der Waals surface area contributed by atoms with Crippen LogP contribution in [0.3, 0.4) is 0 Å². The minimum Gasteiger partial charge on any atom is -0.381 e. The van der Waals surface area contributed by atoms with E-state index in [9.17, 15) is 18.0 Å². The molecule has 0 unspecified atom stereocenters. The highest BCUT2D eigenvalue weighted by Gasteiger charge is 2.34. The Bertz CT molecular complexity index is 1560. The minimum absolute atomic E-state index is 0.0357. The van der Waals surface area contributed by atoms with E-state index in [1.165, 1.54) is 12.1 Å². The molecule has 1 fully saturated rings. The number of piperazine rings is 1. The van der Waals surface area contributed by atoms with E-state index in [-0.39, 0.29) is 17.7 Å². The first kappa shape index (κ1) is 30.9. The number of alkyl halides is 3. The molecule has 1 aliphatic heterocycles. The Morgan fingerprint density at radius 1 is 1.02 bits per heavy atom. The highest BCUT2D eigenvalue weighted by molar-refractivity contribution is 8.00. The van der Waals surface area contributed by atoms with Gasteiger partial charge in [0.1, 0.15) is 5.65 Å². The van der Waals surface area contributed by atoms with E-state index in [0.717, 1.165) is 52.9 Å². The Labute approximate surface area is 254 Å². The zero-order valence-corrected chi connectivity index (χ0v) is 25.4. The molecule has 2 aromatic heterocycles. The topological polar surface area (TPSA) is 76.3 Å². The van der Waals surface area contributed by atoms with Gasteiger partial charge in [-0.2, -0.15) is 13.2 Å². The number of anilines is 2. The van der Waals surface area contributed by atoms with Gasteiger partial charge in [0.15, 0.2) is 0 Å². The summed E-state index contributed by atoms with van der Waals surface area (Å²) in [6.45, 7) is 11.1. The van der Waals surface area contributed by atoms with E-state index in [4.69, 9.17) is 0 Å². The summed E-state index contributed by atoms with van der Waals surface area (Å²) < 4.78 is 42.2. The van der Waals surface area contributed by atoms with Crippen molar-refractivity contribution in [1.29, 1.82) is 0 Å². The fourth-order valence-corrected chi connectivity index (χ4v) is 6.30. The maximum absolute atomic E-state index is 14.1. The van der Waals surface area contributed by atoms with E-state index in [1.807, 2.05) is 29.4 Å². The zero-order chi connectivity index (χ0) is 30.6. The Balaban J connectivity index is 1.27. The smallest absolute Gasteiger partial charge is 0.381 e. The van der Waals surface area contributed by atoms with Crippen LogP contribution in [0.15, 0.2) is 65.8 Å². The van der Waals surface area contributed by atoms with Crippen molar-refractivity contribution in [1.82, 2.24) is 19.8 Å². The lowest BCUT2D eigenvalue weighted by atomic mass is 10.0. The number of rotatable bonds is 10. The number of nitrogens with zero attached hydrogens (tertiary/aromatic N) is 3. The van der Waals surface area contributed by atoms with Crippen molar-refractivity contribution in [2.24, 2.45) is 0 Å². The average molecular weight is 611 g/mol. The number of H-pyrrole nitrogens is 1. The fraction of sp³-hybridized carbons (Fsp3) is 0.375. The number of fused-ring (bicyclic) bond motifs is 1. The number of nitrogens with one attached hydrogen (secondary N) is 3. The molecule has 0 radical (unpaired) electrons. The van der Waals surface area contributed by atoms with Crippen LogP contribution >= 0.6 is 11.8 Å². The van der Waals surface area contributed by atoms with Crippen LogP contribution in [0.5, 0.6) is 0 Å². The van der Waals surface area contributed by atoms with Gasteiger partial charge in [0, 0.05) is 89.7 Å². The van der Waals surface area contributed by atoms with Crippen molar-refractivity contribution in [3.63, 3.8) is 0 Å². The van der Waals surface area contributed by atoms with Gasteiger partial charge in [-0.1, -0.05) is 32.9 Å². The average Bonchev–Trinajstić information content (AvgIpc) is 3.46. The van der Waals surface area contributed by atoms with Gasteiger partial charge in [-0.15, -0.1) is 11.8 Å². The quantitative estimate of drug-likeness (QED) is 0.167. The molecular weight excluding hydrogens is 573 g/mol. The van der Waals surface area contributed by atoms with Crippen LogP contribution in [-0.2, 0) is 19.3 Å². The molecule has 3 N–H and O–H groups in total. The van der Waals surface area contributed by atoms with Crippen LogP contribution in [0.2, 0.25) is 0 Å². The first-order valence-electron chi connectivity index (χ1n) is 14.5. The monoisotopic (exact) mass is 610 g/mol. The Morgan fingerprint density at radius 2 is 1.77 bits per heavy atom. The maximum atomic E-state index is 14.1. The number of benzene rings is 2. The van der Waals surface area contributed by atoms with Crippen molar-refractivity contribution in [3.05, 3.63) is 83.2 Å². The molecule has 1 saturated heterocycles. The highest BCUT2D eigenvalue weighted by atomic mass is 32.2. The van der Waals surface area contributed by atoms with Gasteiger partial charge in [0.2, 0.25) is 0 Å². The number of halogens is 3. The van der Waals surface area contributed by atoms with E-state index >= 15 is 0 Å². The number of aromatic nitrogens is 2. The fourth-order valence-electron chi connectivity index (χ4n) is 5.26. The molecule has 2 aromatic carbocycles. The summed E-state index contributed by atoms with van der Waals surface area (Å²) in [7, 11) is 0. The molecule has 0 spiro atoms. The molecule has 1 aliphatic rings. The summed E-state index contributed by atoms with van der Waals surface area (Å²) in [5.41, 5.74) is 2.52. The van der Waals surface area contributed by atoms with Gasteiger partial charge in [0.05, 0.1) is 5.56 Å². The van der Waals surface area contributed by atoms with Crippen LogP contribution < -0.4 is 10.6 Å². The predicted octanol–water partition coefficient (Wildman–Crippen LogP) is 7.08. The largest absolute Gasteiger partial charge is 0.416 e. The van der Waals surface area contributed by atoms with Crippen molar-refractivity contribution in [2.75, 3.05) is 43.4 Å². The summed E-state index contributed by atoms with van der Waals surface area (Å²) in [4.78, 5) is 26.2. The molecule has 1 amide bonds. The van der Waals surface area contributed by atoms with Crippen LogP contribution in [0.4, 0.5) is 24.5 Å². The molecular formula is C32H37F3N6OS. The highest BCUT2D eigenvalue weighted by Crippen LogP contribution is 2.35. The molecule has 0 bridgehead atoms. The lowest BCUT2D eigenvalue weighted by Gasteiger charge is -2.34. The summed E-state index contributed by atoms with van der Waals surface area (Å²) in [5, 5.41) is 7.62. The zero-order valence-electron chi connectivity index (χ0n) is 24.6. The van der Waals surface area contributed by atoms with E-state index < -0.39 is 17.6 Å². The van der Waals surface area contributed by atoms with Gasteiger partial charge in [-0.3, -0.25) is 9.69 Å². The van der Waals surface area contributed by atoms with Crippen LogP contribution in [-0.4, -0.2) is 63.6 Å². The van der Waals surface area contributed by atoms with Gasteiger partial charge in [-0.25, -0.2) is 4.98 Å². The number of hydrogen-bond donors (Lipinski definition) is 3. The molecule has 228 valence electrons. The van der Waals surface area contributed by atoms with Crippen molar-refractivity contribution < 1.29 is 18.0 Å². The molecule has 7 nitrogen and oxygen atoms in total. The lowest BCUT2D eigenvalue weighted by molar-refractivity contribution is -0.138. The van der Waals surface area contributed by atoms with Crippen molar-refractivity contribution in [2.45, 2.75) is 50.2 Å². The molecule has 11 heteroatoms. The Hall–Kier alpha value is -3.54. The number of aromatic amines is 1. The summed E-state index contributed by atoms with van der Waals surface area (Å²) in [6, 6.07) is 13.0. The standard InChI is InChI=1S/C32H37F3N6OS/c1-4-40-12-14-41(15-13-40)20-23-9-8-22(16-28(23)32(33,34)35)31(42)39-26-7-5-6-25(17-26)37-18-24-19-38-30-27(10-11-36-30)29(24)43-21(2)3/h5-11,16-17,19,21,37H,4,12-15,18,20H2,1-3H3,(H,36,38)(H,39,42). The molecule has 5 rings (SSSR count). The second-order valence-electron chi connectivity index (χ2n) is 11.0. The third kappa shape index (κ3) is 7.70. The molecule has 43 heavy (non-hydrogen) atoms. The van der Waals surface area contributed by atoms with E-state index in [2.05, 4.69) is 46.3 Å². The number of likely N-dealkylation sites (N-methyl/N-ethyl adjacent to an activating group) is 1. The Morgan fingerprint density at radius 3 is 2.49 bits per heavy atom. The number of hydrogen-bond acceptors (Lipinski definition) is 6. The first-order chi connectivity index (χ1) is 20.6. The second kappa shape index (κ2) is 13.4. The number of pyridine rings is 1. The van der Waals surface area contributed by atoms with Crippen LogP contribution in [0.1, 0.15) is 47.8 Å². The summed E-state index contributed by atoms with van der Waals surface area (Å²) in [6.07, 6.45) is -0.827. The predicted molar refractivity (Wildman–Crippen MR) is 168 cm³/mol. The summed E-state index contributed by atoms with van der Waals surface area (Å²) >= 11 is 1.78. The van der Waals surface area contributed by atoms with Crippen molar-refractivity contribution in [3.8, 4) is 0 Å². The number of carbonyl (C=O) groups excluding carboxylic acids is 1. The second-order valence-corrected chi connectivity index (χ2v) is 12.6. The van der Waals surface area contributed by atoms with Gasteiger partial charge < -0.3 is 20.5 Å². The third-order valence-corrected chi connectivity index (χ3v) is 8.74. The summed E-state index contributed by atoms with van der Waals surface area (Å²) in [5.74, 6) is -0.594. The lowest BCUT2D eigenvalue weighted by Crippen LogP contribution is -2.45.